The van der Waals surface area contributed by atoms with Gasteiger partial charge in [-0.1, -0.05) is 351 Å². The van der Waals surface area contributed by atoms with E-state index in [1.807, 2.05) is 0 Å². The Hall–Kier alpha value is -1.44. The predicted molar refractivity (Wildman–Crippen MR) is 362 cm³/mol. The summed E-state index contributed by atoms with van der Waals surface area (Å²) in [5.41, 5.74) is 0. The van der Waals surface area contributed by atoms with Crippen LogP contribution in [0.1, 0.15) is 415 Å². The molecule has 7 nitrogen and oxygen atoms in total. The Morgan fingerprint density at radius 2 is 0.422 bits per heavy atom. The van der Waals surface area contributed by atoms with Gasteiger partial charge in [0, 0.05) is 12.8 Å². The second-order valence-corrected chi connectivity index (χ2v) is 25.4. The maximum atomic E-state index is 6.99. The Balaban J connectivity index is 6.73. The van der Waals surface area contributed by atoms with Gasteiger partial charge in [-0.15, -0.1) is 0 Å². The lowest BCUT2D eigenvalue weighted by molar-refractivity contribution is -0.167. The van der Waals surface area contributed by atoms with E-state index in [0.29, 0.717) is 13.2 Å². The molecule has 7 heteroatoms. The number of ether oxygens (including phenoxy) is 7. The molecule has 0 saturated heterocycles. The summed E-state index contributed by atoms with van der Waals surface area (Å²) in [6.07, 6.45) is 69.2. The molecule has 496 valence electrons. The Morgan fingerprint density at radius 1 is 0.217 bits per heavy atom. The highest BCUT2D eigenvalue weighted by Crippen LogP contribution is 2.29. The maximum absolute atomic E-state index is 6.99. The van der Waals surface area contributed by atoms with Gasteiger partial charge in [-0.05, 0) is 51.4 Å². The van der Waals surface area contributed by atoms with E-state index < -0.39 is 0 Å². The van der Waals surface area contributed by atoms with Crippen molar-refractivity contribution in [3.05, 3.63) is 23.0 Å². The first kappa shape index (κ1) is 81.6. The normalized spacial score (nSPS) is 13.1. The molecule has 0 heterocycles. The van der Waals surface area contributed by atoms with Gasteiger partial charge < -0.3 is 33.2 Å². The van der Waals surface area contributed by atoms with Gasteiger partial charge in [0.25, 0.3) is 0 Å². The lowest BCUT2D eigenvalue weighted by atomic mass is 10.0. The van der Waals surface area contributed by atoms with Crippen LogP contribution in [0.25, 0.3) is 0 Å². The molecule has 0 aromatic carbocycles. The van der Waals surface area contributed by atoms with Gasteiger partial charge in [0.2, 0.25) is 0 Å². The highest BCUT2D eigenvalue weighted by molar-refractivity contribution is 5.09. The maximum Gasteiger partial charge on any atom is 0.162 e. The molecule has 0 fully saturated rings. The van der Waals surface area contributed by atoms with E-state index in [1.165, 1.54) is 270 Å². The third kappa shape index (κ3) is 55.6. The summed E-state index contributed by atoms with van der Waals surface area (Å²) >= 11 is 0. The van der Waals surface area contributed by atoms with Crippen molar-refractivity contribution in [1.82, 2.24) is 0 Å². The lowest BCUT2D eigenvalue weighted by Gasteiger charge is -2.26. The molecule has 0 rings (SSSR count). The minimum atomic E-state index is -0.226. The zero-order chi connectivity index (χ0) is 60.3. The molecule has 0 aromatic rings. The average Bonchev–Trinajstić information content (AvgIpc) is 3.51. The quantitative estimate of drug-likeness (QED) is 0.0342. The first-order valence-electron chi connectivity index (χ1n) is 37.9. The van der Waals surface area contributed by atoms with Gasteiger partial charge in [0.05, 0.1) is 26.4 Å². The van der Waals surface area contributed by atoms with Gasteiger partial charge in [0.15, 0.2) is 25.1 Å². The Morgan fingerprint density at radius 3 is 0.663 bits per heavy atom. The van der Waals surface area contributed by atoms with Crippen LogP contribution in [0.2, 0.25) is 0 Å². The summed E-state index contributed by atoms with van der Waals surface area (Å²) in [4.78, 5) is 0. The first-order chi connectivity index (χ1) is 41.1. The summed E-state index contributed by atoms with van der Waals surface area (Å²) in [5.74, 6) is 3.95. The molecule has 2 unspecified atom stereocenters. The molecular formula is C76H150O7. The molecule has 0 aliphatic carbocycles. The van der Waals surface area contributed by atoms with Gasteiger partial charge in [-0.3, -0.25) is 0 Å². The molecule has 0 amide bonds. The van der Waals surface area contributed by atoms with E-state index >= 15 is 0 Å². The van der Waals surface area contributed by atoms with E-state index in [-0.39, 0.29) is 25.8 Å². The third-order valence-electron chi connectivity index (χ3n) is 17.1. The average molecular weight is 1180 g/mol. The largest absolute Gasteiger partial charge is 0.494 e. The van der Waals surface area contributed by atoms with Crippen molar-refractivity contribution in [2.45, 2.75) is 427 Å². The summed E-state index contributed by atoms with van der Waals surface area (Å²) in [5, 5.41) is 0. The summed E-state index contributed by atoms with van der Waals surface area (Å²) in [6.45, 7) is 21.6. The first-order valence-corrected chi connectivity index (χ1v) is 37.9. The molecular weight excluding hydrogens is 1020 g/mol. The lowest BCUT2D eigenvalue weighted by Crippen LogP contribution is -2.25. The van der Waals surface area contributed by atoms with Crippen molar-refractivity contribution in [2.24, 2.45) is 0 Å². The standard InChI is InChI=1S/C76H150O7/c1-9-17-25-31-37-43-49-55-63-71(78-65-57-51-45-39-33-27-19-11-3)75(80-67-59-53-47-41-35-29-21-13-5)73(61-23-15-7)82-69-77-70-83-74(62-24-16-8)76(81-68-60-54-48-42-36-30-22-14-6)72(64-56-50-44-38-32-26-18-10-2)79-66-58-52-46-40-34-28-20-12-4/h73-74H,9-70H2,1-8H3. The van der Waals surface area contributed by atoms with E-state index in [1.54, 1.807) is 0 Å². The van der Waals surface area contributed by atoms with Crippen molar-refractivity contribution in [1.29, 1.82) is 0 Å². The van der Waals surface area contributed by atoms with Crippen molar-refractivity contribution in [2.75, 3.05) is 40.0 Å². The van der Waals surface area contributed by atoms with Crippen molar-refractivity contribution in [3.63, 3.8) is 0 Å². The number of hydrogen-bond donors (Lipinski definition) is 0. The summed E-state index contributed by atoms with van der Waals surface area (Å²) < 4.78 is 48.1. The minimum Gasteiger partial charge on any atom is -0.494 e. The van der Waals surface area contributed by atoms with Crippen LogP contribution in [0.4, 0.5) is 0 Å². The molecule has 2 atom stereocenters. The topological polar surface area (TPSA) is 64.6 Å². The van der Waals surface area contributed by atoms with Crippen LogP contribution >= 0.6 is 0 Å². The van der Waals surface area contributed by atoms with Gasteiger partial charge >= 0.3 is 0 Å². The van der Waals surface area contributed by atoms with Crippen molar-refractivity contribution >= 4 is 0 Å². The van der Waals surface area contributed by atoms with Crippen LogP contribution in [-0.4, -0.2) is 52.2 Å². The monoisotopic (exact) mass is 1180 g/mol. The van der Waals surface area contributed by atoms with Crippen LogP contribution in [0.5, 0.6) is 0 Å². The molecule has 0 saturated carbocycles. The zero-order valence-electron chi connectivity index (χ0n) is 57.9. The number of allylic oxidation sites excluding steroid dienone is 2. The molecule has 83 heavy (non-hydrogen) atoms. The Kier molecular flexibility index (Phi) is 68.4. The highest BCUT2D eigenvalue weighted by Gasteiger charge is 2.25. The molecule has 0 aromatic heterocycles. The summed E-state index contributed by atoms with van der Waals surface area (Å²) in [6, 6.07) is 0. The third-order valence-corrected chi connectivity index (χ3v) is 17.1. The minimum absolute atomic E-state index is 0.140. The predicted octanol–water partition coefficient (Wildman–Crippen LogP) is 26.2. The fraction of sp³-hybridized carbons (Fsp3) is 0.947. The summed E-state index contributed by atoms with van der Waals surface area (Å²) in [7, 11) is 0. The van der Waals surface area contributed by atoms with Crippen molar-refractivity contribution in [3.8, 4) is 0 Å². The van der Waals surface area contributed by atoms with Crippen LogP contribution in [-0.2, 0) is 33.2 Å². The zero-order valence-corrected chi connectivity index (χ0v) is 57.9. The fourth-order valence-electron chi connectivity index (χ4n) is 11.4. The molecule has 0 N–H and O–H groups in total. The number of hydrogen-bond acceptors (Lipinski definition) is 7. The molecule has 0 aliphatic heterocycles. The van der Waals surface area contributed by atoms with E-state index in [9.17, 15) is 0 Å². The van der Waals surface area contributed by atoms with Gasteiger partial charge in [0.1, 0.15) is 23.7 Å². The van der Waals surface area contributed by atoms with Crippen LogP contribution in [0.15, 0.2) is 23.0 Å². The molecule has 0 aliphatic rings. The van der Waals surface area contributed by atoms with Gasteiger partial charge in [-0.25, -0.2) is 0 Å². The Labute approximate surface area is 521 Å². The SMILES string of the molecule is CCCCCCCCCCOC(CCCCCCCCCC)=C(OCCCCCCCCCC)C(CCCC)OCOCOC(CCCC)C(OCCCCCCCCCC)=C(CCCCCCCCCC)OCCCCCCCCCC. The second-order valence-electron chi connectivity index (χ2n) is 25.4. The van der Waals surface area contributed by atoms with Crippen molar-refractivity contribution < 1.29 is 33.2 Å². The van der Waals surface area contributed by atoms with Crippen LogP contribution in [0, 0.1) is 0 Å². The van der Waals surface area contributed by atoms with Crippen LogP contribution < -0.4 is 0 Å². The van der Waals surface area contributed by atoms with Gasteiger partial charge in [-0.2, -0.15) is 0 Å². The smallest absolute Gasteiger partial charge is 0.162 e. The molecule has 0 spiro atoms. The fourth-order valence-corrected chi connectivity index (χ4v) is 11.4. The van der Waals surface area contributed by atoms with Crippen LogP contribution in [0.3, 0.4) is 0 Å². The molecule has 0 radical (unpaired) electrons. The number of rotatable bonds is 72. The Bertz CT molecular complexity index is 1200. The molecule has 0 bridgehead atoms. The highest BCUT2D eigenvalue weighted by atomic mass is 16.7. The van der Waals surface area contributed by atoms with E-state index in [2.05, 4.69) is 55.4 Å². The number of unbranched alkanes of at least 4 members (excludes halogenated alkanes) is 44. The van der Waals surface area contributed by atoms with E-state index in [0.717, 1.165) is 126 Å². The van der Waals surface area contributed by atoms with E-state index in [4.69, 9.17) is 33.2 Å². The second kappa shape index (κ2) is 69.7.